The third-order valence-electron chi connectivity index (χ3n) is 14.3. The molecular formula is C72H124O6. The summed E-state index contributed by atoms with van der Waals surface area (Å²) in [6.45, 7) is 6.46. The van der Waals surface area contributed by atoms with Crippen LogP contribution in [0.2, 0.25) is 0 Å². The van der Waals surface area contributed by atoms with Gasteiger partial charge in [0.2, 0.25) is 0 Å². The summed E-state index contributed by atoms with van der Waals surface area (Å²) in [5.74, 6) is -0.884. The van der Waals surface area contributed by atoms with E-state index < -0.39 is 6.10 Å². The maximum absolute atomic E-state index is 12.9. The van der Waals surface area contributed by atoms with E-state index in [0.29, 0.717) is 19.3 Å². The SMILES string of the molecule is CC/C=C\C/C=C\C/C=C\C/C=C\C/C=C\CCCCCCCCCCCCCCCCCC(=O)OCC(COC(=O)CCCCCCC/C=C\CCC)OC(=O)CCCCCCCCCCC/C=C\C/C=C\CCCCC. The number of hydrogen-bond acceptors (Lipinski definition) is 6. The summed E-state index contributed by atoms with van der Waals surface area (Å²) in [5.41, 5.74) is 0. The molecule has 0 rings (SSSR count). The number of allylic oxidation sites excluding steroid dienone is 16. The topological polar surface area (TPSA) is 78.9 Å². The predicted molar refractivity (Wildman–Crippen MR) is 339 cm³/mol. The number of rotatable bonds is 60. The van der Waals surface area contributed by atoms with E-state index in [1.54, 1.807) is 0 Å². The number of esters is 3. The number of carbonyl (C=O) groups excluding carboxylic acids is 3. The zero-order valence-electron chi connectivity index (χ0n) is 51.4. The fraction of sp³-hybridized carbons (Fsp3) is 0.736. The van der Waals surface area contributed by atoms with Crippen LogP contribution in [0.4, 0.5) is 0 Å². The molecule has 6 heteroatoms. The van der Waals surface area contributed by atoms with Gasteiger partial charge in [0.05, 0.1) is 0 Å². The first-order chi connectivity index (χ1) is 38.5. The molecule has 0 aromatic rings. The van der Waals surface area contributed by atoms with E-state index in [1.807, 2.05) is 0 Å². The lowest BCUT2D eigenvalue weighted by atomic mass is 10.0. The standard InChI is InChI=1S/C72H124O6/c1-4-7-10-13-16-19-22-24-26-28-30-31-32-33-34-35-36-37-38-39-40-41-43-44-46-48-50-53-56-59-62-65-71(74)77-68-69(67-76-70(73)64-61-58-55-52-21-18-15-12-9-6-3)78-72(75)66-63-60-57-54-51-49-47-45-42-29-27-25-23-20-17-14-11-8-5-2/h7,10,12,15-17,19-20,24-27,30-31,33-34,69H,4-6,8-9,11,13-14,18,21-23,28-29,32,35-68H2,1-3H3/b10-7-,15-12-,19-16-,20-17-,26-24-,27-25-,31-30-,34-33-. The Labute approximate surface area is 483 Å². The van der Waals surface area contributed by atoms with Gasteiger partial charge in [0.15, 0.2) is 6.10 Å². The van der Waals surface area contributed by atoms with E-state index >= 15 is 0 Å². The van der Waals surface area contributed by atoms with Gasteiger partial charge in [0.1, 0.15) is 13.2 Å². The van der Waals surface area contributed by atoms with Gasteiger partial charge >= 0.3 is 17.9 Å². The van der Waals surface area contributed by atoms with Crippen LogP contribution in [-0.2, 0) is 28.6 Å². The van der Waals surface area contributed by atoms with Crippen LogP contribution in [0.1, 0.15) is 323 Å². The summed E-state index contributed by atoms with van der Waals surface area (Å²) in [5, 5.41) is 0. The largest absolute Gasteiger partial charge is 0.462 e. The van der Waals surface area contributed by atoms with Crippen molar-refractivity contribution in [2.75, 3.05) is 13.2 Å². The second kappa shape index (κ2) is 65.8. The quantitative estimate of drug-likeness (QED) is 0.0261. The van der Waals surface area contributed by atoms with Crippen LogP contribution >= 0.6 is 0 Å². The van der Waals surface area contributed by atoms with Gasteiger partial charge in [-0.2, -0.15) is 0 Å². The Morgan fingerprint density at radius 3 is 0.846 bits per heavy atom. The molecule has 1 unspecified atom stereocenters. The fourth-order valence-corrected chi connectivity index (χ4v) is 9.33. The predicted octanol–water partition coefficient (Wildman–Crippen LogP) is 22.8. The van der Waals surface area contributed by atoms with Gasteiger partial charge in [-0.3, -0.25) is 14.4 Å². The molecule has 78 heavy (non-hydrogen) atoms. The highest BCUT2D eigenvalue weighted by Gasteiger charge is 2.19. The molecule has 6 nitrogen and oxygen atoms in total. The molecule has 0 fully saturated rings. The molecule has 0 bridgehead atoms. The lowest BCUT2D eigenvalue weighted by molar-refractivity contribution is -0.167. The van der Waals surface area contributed by atoms with Crippen molar-refractivity contribution in [1.29, 1.82) is 0 Å². The van der Waals surface area contributed by atoms with Crippen molar-refractivity contribution in [1.82, 2.24) is 0 Å². The maximum Gasteiger partial charge on any atom is 0.306 e. The van der Waals surface area contributed by atoms with Gasteiger partial charge < -0.3 is 14.2 Å². The molecule has 1 atom stereocenters. The first kappa shape index (κ1) is 74.3. The van der Waals surface area contributed by atoms with Crippen LogP contribution in [0.3, 0.4) is 0 Å². The number of unbranched alkanes of at least 4 members (excludes halogenated alkanes) is 33. The lowest BCUT2D eigenvalue weighted by Crippen LogP contribution is -2.30. The zero-order chi connectivity index (χ0) is 56.4. The Morgan fingerprint density at radius 1 is 0.269 bits per heavy atom. The molecule has 448 valence electrons. The second-order valence-electron chi connectivity index (χ2n) is 22.0. The van der Waals surface area contributed by atoms with E-state index in [9.17, 15) is 14.4 Å². The highest BCUT2D eigenvalue weighted by molar-refractivity contribution is 5.71. The molecule has 0 aliphatic carbocycles. The second-order valence-corrected chi connectivity index (χ2v) is 22.0. The van der Waals surface area contributed by atoms with Crippen molar-refractivity contribution in [3.8, 4) is 0 Å². The smallest absolute Gasteiger partial charge is 0.306 e. The maximum atomic E-state index is 12.9. The van der Waals surface area contributed by atoms with Crippen LogP contribution in [0.5, 0.6) is 0 Å². The Morgan fingerprint density at radius 2 is 0.526 bits per heavy atom. The van der Waals surface area contributed by atoms with Gasteiger partial charge in [-0.05, 0) is 116 Å². The van der Waals surface area contributed by atoms with Gasteiger partial charge in [-0.1, -0.05) is 285 Å². The first-order valence-electron chi connectivity index (χ1n) is 33.2. The van der Waals surface area contributed by atoms with E-state index in [-0.39, 0.29) is 31.1 Å². The van der Waals surface area contributed by atoms with E-state index in [0.717, 1.165) is 109 Å². The third kappa shape index (κ3) is 63.2. The summed E-state index contributed by atoms with van der Waals surface area (Å²) in [4.78, 5) is 38.2. The normalized spacial score (nSPS) is 12.7. The molecular weight excluding hydrogens is 961 g/mol. The molecule has 0 radical (unpaired) electrons. The Hall–Kier alpha value is -3.67. The molecule has 0 amide bonds. The van der Waals surface area contributed by atoms with Crippen molar-refractivity contribution in [3.63, 3.8) is 0 Å². The van der Waals surface area contributed by atoms with Gasteiger partial charge in [-0.25, -0.2) is 0 Å². The molecule has 0 spiro atoms. The molecule has 0 aromatic carbocycles. The number of hydrogen-bond donors (Lipinski definition) is 0. The van der Waals surface area contributed by atoms with Crippen molar-refractivity contribution in [2.24, 2.45) is 0 Å². The van der Waals surface area contributed by atoms with Crippen LogP contribution in [0, 0.1) is 0 Å². The Kier molecular flexibility index (Phi) is 62.7. The summed E-state index contributed by atoms with van der Waals surface area (Å²) < 4.78 is 16.9. The van der Waals surface area contributed by atoms with Gasteiger partial charge in [0, 0.05) is 19.3 Å². The Bertz CT molecular complexity index is 1530. The van der Waals surface area contributed by atoms with Crippen LogP contribution in [0.15, 0.2) is 97.2 Å². The zero-order valence-corrected chi connectivity index (χ0v) is 51.4. The Balaban J connectivity index is 4.16. The van der Waals surface area contributed by atoms with E-state index in [4.69, 9.17) is 14.2 Å². The minimum absolute atomic E-state index is 0.0796. The van der Waals surface area contributed by atoms with Crippen LogP contribution < -0.4 is 0 Å². The molecule has 0 heterocycles. The summed E-state index contributed by atoms with van der Waals surface area (Å²) in [6.07, 6.45) is 88.6. The number of carbonyl (C=O) groups is 3. The monoisotopic (exact) mass is 1080 g/mol. The highest BCUT2D eigenvalue weighted by atomic mass is 16.6. The molecule has 0 aliphatic rings. The van der Waals surface area contributed by atoms with Gasteiger partial charge in [-0.15, -0.1) is 0 Å². The van der Waals surface area contributed by atoms with E-state index in [2.05, 4.69) is 118 Å². The molecule has 0 saturated heterocycles. The first-order valence-corrected chi connectivity index (χ1v) is 33.2. The number of ether oxygens (including phenoxy) is 3. The average molecular weight is 1090 g/mol. The minimum Gasteiger partial charge on any atom is -0.462 e. The molecule has 0 aliphatic heterocycles. The van der Waals surface area contributed by atoms with Crippen LogP contribution in [-0.4, -0.2) is 37.2 Å². The highest BCUT2D eigenvalue weighted by Crippen LogP contribution is 2.17. The molecule has 0 aromatic heterocycles. The van der Waals surface area contributed by atoms with Crippen molar-refractivity contribution >= 4 is 17.9 Å². The molecule has 0 saturated carbocycles. The fourth-order valence-electron chi connectivity index (χ4n) is 9.33. The third-order valence-corrected chi connectivity index (χ3v) is 14.3. The minimum atomic E-state index is -0.782. The molecule has 0 N–H and O–H groups in total. The van der Waals surface area contributed by atoms with Crippen molar-refractivity contribution < 1.29 is 28.6 Å². The van der Waals surface area contributed by atoms with E-state index in [1.165, 1.54) is 173 Å². The summed E-state index contributed by atoms with van der Waals surface area (Å²) in [6, 6.07) is 0. The van der Waals surface area contributed by atoms with Gasteiger partial charge in [0.25, 0.3) is 0 Å². The van der Waals surface area contributed by atoms with Crippen LogP contribution in [0.25, 0.3) is 0 Å². The average Bonchev–Trinajstić information content (AvgIpc) is 3.44. The summed E-state index contributed by atoms with van der Waals surface area (Å²) in [7, 11) is 0. The van der Waals surface area contributed by atoms with Crippen molar-refractivity contribution in [2.45, 2.75) is 329 Å². The lowest BCUT2D eigenvalue weighted by Gasteiger charge is -2.18. The summed E-state index contributed by atoms with van der Waals surface area (Å²) >= 11 is 0. The van der Waals surface area contributed by atoms with Crippen molar-refractivity contribution in [3.05, 3.63) is 97.2 Å².